The van der Waals surface area contributed by atoms with Gasteiger partial charge in [-0.1, -0.05) is 12.1 Å². The fraction of sp³-hybridized carbons (Fsp3) is 0.235. The summed E-state index contributed by atoms with van der Waals surface area (Å²) in [7, 11) is -2.11. The topological polar surface area (TPSA) is 75.7 Å². The Bertz CT molecular complexity index is 838. The summed E-state index contributed by atoms with van der Waals surface area (Å²) in [6.07, 6.45) is 1.08. The van der Waals surface area contributed by atoms with E-state index in [4.69, 9.17) is 4.74 Å². The van der Waals surface area contributed by atoms with Gasteiger partial charge < -0.3 is 10.1 Å². The van der Waals surface area contributed by atoms with Crippen LogP contribution in [0.2, 0.25) is 0 Å². The SMILES string of the molecule is COc1ccccc1N(CCNC(=O)c1ccc(F)cc1)S(C)(=O)=O. The molecule has 1 N–H and O–H groups in total. The number of sulfonamides is 1. The Hall–Kier alpha value is -2.61. The molecule has 134 valence electrons. The number of para-hydroxylation sites is 2. The van der Waals surface area contributed by atoms with E-state index in [9.17, 15) is 17.6 Å². The lowest BCUT2D eigenvalue weighted by atomic mass is 10.2. The lowest BCUT2D eigenvalue weighted by Gasteiger charge is -2.24. The number of carbonyl (C=O) groups excluding carboxylic acids is 1. The number of amides is 1. The molecule has 0 heterocycles. The van der Waals surface area contributed by atoms with Gasteiger partial charge in [0.2, 0.25) is 10.0 Å². The highest BCUT2D eigenvalue weighted by atomic mass is 32.2. The Balaban J connectivity index is 2.09. The van der Waals surface area contributed by atoms with Crippen LogP contribution < -0.4 is 14.4 Å². The predicted octanol–water partition coefficient (Wildman–Crippen LogP) is 2.03. The highest BCUT2D eigenvalue weighted by Gasteiger charge is 2.20. The molecule has 0 radical (unpaired) electrons. The van der Waals surface area contributed by atoms with Crippen LogP contribution >= 0.6 is 0 Å². The zero-order valence-electron chi connectivity index (χ0n) is 13.9. The smallest absolute Gasteiger partial charge is 0.251 e. The van der Waals surface area contributed by atoms with Crippen molar-refractivity contribution in [1.82, 2.24) is 5.32 Å². The summed E-state index contributed by atoms with van der Waals surface area (Å²) in [5.41, 5.74) is 0.688. The lowest BCUT2D eigenvalue weighted by Crippen LogP contribution is -2.38. The van der Waals surface area contributed by atoms with Gasteiger partial charge in [-0.15, -0.1) is 0 Å². The molecule has 0 aliphatic carbocycles. The van der Waals surface area contributed by atoms with Gasteiger partial charge in [0, 0.05) is 12.1 Å². The average molecular weight is 366 g/mol. The van der Waals surface area contributed by atoms with Crippen molar-refractivity contribution in [3.8, 4) is 5.75 Å². The van der Waals surface area contributed by atoms with Crippen molar-refractivity contribution in [2.24, 2.45) is 0 Å². The molecule has 0 unspecified atom stereocenters. The summed E-state index contributed by atoms with van der Waals surface area (Å²) >= 11 is 0. The van der Waals surface area contributed by atoms with Crippen LogP contribution in [0.1, 0.15) is 10.4 Å². The van der Waals surface area contributed by atoms with Gasteiger partial charge in [0.05, 0.1) is 25.6 Å². The molecule has 0 saturated carbocycles. The summed E-state index contributed by atoms with van der Waals surface area (Å²) in [5, 5.41) is 2.62. The summed E-state index contributed by atoms with van der Waals surface area (Å²) in [4.78, 5) is 12.0. The van der Waals surface area contributed by atoms with E-state index < -0.39 is 21.7 Å². The number of benzene rings is 2. The van der Waals surface area contributed by atoms with Gasteiger partial charge in [0.1, 0.15) is 11.6 Å². The van der Waals surface area contributed by atoms with Crippen LogP contribution in [-0.2, 0) is 10.0 Å². The van der Waals surface area contributed by atoms with Gasteiger partial charge in [0.15, 0.2) is 0 Å². The normalized spacial score (nSPS) is 11.0. The zero-order valence-corrected chi connectivity index (χ0v) is 14.7. The Morgan fingerprint density at radius 2 is 1.80 bits per heavy atom. The molecule has 2 aromatic carbocycles. The van der Waals surface area contributed by atoms with Crippen molar-refractivity contribution in [1.29, 1.82) is 0 Å². The number of anilines is 1. The van der Waals surface area contributed by atoms with Crippen LogP contribution in [0.4, 0.5) is 10.1 Å². The van der Waals surface area contributed by atoms with E-state index in [-0.39, 0.29) is 13.1 Å². The van der Waals surface area contributed by atoms with Crippen molar-refractivity contribution in [3.63, 3.8) is 0 Å². The van der Waals surface area contributed by atoms with Crippen LogP contribution in [0.3, 0.4) is 0 Å². The number of methoxy groups -OCH3 is 1. The summed E-state index contributed by atoms with van der Waals surface area (Å²) < 4.78 is 43.4. The van der Waals surface area contributed by atoms with Gasteiger partial charge in [0.25, 0.3) is 5.91 Å². The molecule has 0 aliphatic heterocycles. The second-order valence-electron chi connectivity index (χ2n) is 5.27. The minimum atomic E-state index is -3.57. The number of ether oxygens (including phenoxy) is 1. The predicted molar refractivity (Wildman–Crippen MR) is 93.9 cm³/mol. The number of hydrogen-bond acceptors (Lipinski definition) is 4. The molecule has 0 saturated heterocycles. The fourth-order valence-corrected chi connectivity index (χ4v) is 3.21. The van der Waals surface area contributed by atoms with Gasteiger partial charge in [-0.05, 0) is 36.4 Å². The van der Waals surface area contributed by atoms with Crippen molar-refractivity contribution >= 4 is 21.6 Å². The maximum absolute atomic E-state index is 12.9. The summed E-state index contributed by atoms with van der Waals surface area (Å²) in [6.45, 7) is 0.119. The van der Waals surface area contributed by atoms with Crippen molar-refractivity contribution in [2.45, 2.75) is 0 Å². The van der Waals surface area contributed by atoms with Crippen molar-refractivity contribution in [2.75, 3.05) is 30.8 Å². The highest BCUT2D eigenvalue weighted by Crippen LogP contribution is 2.29. The Morgan fingerprint density at radius 3 is 2.40 bits per heavy atom. The first-order chi connectivity index (χ1) is 11.8. The minimum absolute atomic E-state index is 0.0339. The first-order valence-corrected chi connectivity index (χ1v) is 9.32. The number of rotatable bonds is 7. The second-order valence-corrected chi connectivity index (χ2v) is 7.18. The van der Waals surface area contributed by atoms with Gasteiger partial charge in [-0.25, -0.2) is 12.8 Å². The van der Waals surface area contributed by atoms with Crippen LogP contribution in [0.25, 0.3) is 0 Å². The quantitative estimate of drug-likeness (QED) is 0.814. The molecule has 8 heteroatoms. The Labute approximate surface area is 146 Å². The molecular weight excluding hydrogens is 347 g/mol. The molecule has 0 bridgehead atoms. The van der Waals surface area contributed by atoms with Crippen LogP contribution in [-0.4, -0.2) is 40.8 Å². The van der Waals surface area contributed by atoms with E-state index in [1.165, 1.54) is 31.4 Å². The molecule has 0 aromatic heterocycles. The van der Waals surface area contributed by atoms with E-state index in [2.05, 4.69) is 5.32 Å². The number of nitrogens with zero attached hydrogens (tertiary/aromatic N) is 1. The molecule has 6 nitrogen and oxygen atoms in total. The van der Waals surface area contributed by atoms with E-state index in [1.54, 1.807) is 24.3 Å². The van der Waals surface area contributed by atoms with Gasteiger partial charge in [-0.3, -0.25) is 9.10 Å². The standard InChI is InChI=1S/C17H19FN2O4S/c1-24-16-6-4-3-5-15(16)20(25(2,22)23)12-11-19-17(21)13-7-9-14(18)10-8-13/h3-10H,11-12H2,1-2H3,(H,19,21). The molecular formula is C17H19FN2O4S. The van der Waals surface area contributed by atoms with Crippen molar-refractivity contribution < 1.29 is 22.3 Å². The van der Waals surface area contributed by atoms with Crippen molar-refractivity contribution in [3.05, 3.63) is 59.9 Å². The first kappa shape index (κ1) is 18.7. The Morgan fingerprint density at radius 1 is 1.16 bits per heavy atom. The van der Waals surface area contributed by atoms with Crippen LogP contribution in [0, 0.1) is 5.82 Å². The molecule has 0 fully saturated rings. The van der Waals surface area contributed by atoms with E-state index >= 15 is 0 Å². The third-order valence-corrected chi connectivity index (χ3v) is 4.64. The minimum Gasteiger partial charge on any atom is -0.495 e. The number of halogens is 1. The monoisotopic (exact) mass is 366 g/mol. The van der Waals surface area contributed by atoms with Crippen LogP contribution in [0.5, 0.6) is 5.75 Å². The number of carbonyl (C=O) groups is 1. The van der Waals surface area contributed by atoms with E-state index in [1.807, 2.05) is 0 Å². The number of hydrogen-bond donors (Lipinski definition) is 1. The largest absolute Gasteiger partial charge is 0.495 e. The lowest BCUT2D eigenvalue weighted by molar-refractivity contribution is 0.0955. The van der Waals surface area contributed by atoms with Gasteiger partial charge in [-0.2, -0.15) is 0 Å². The molecule has 1 amide bonds. The third kappa shape index (κ3) is 4.93. The van der Waals surface area contributed by atoms with E-state index in [0.29, 0.717) is 17.0 Å². The summed E-state index contributed by atoms with van der Waals surface area (Å²) in [6, 6.07) is 11.8. The maximum Gasteiger partial charge on any atom is 0.251 e. The highest BCUT2D eigenvalue weighted by molar-refractivity contribution is 7.92. The Kier molecular flexibility index (Phi) is 5.97. The van der Waals surface area contributed by atoms with Crippen LogP contribution in [0.15, 0.2) is 48.5 Å². The summed E-state index contributed by atoms with van der Waals surface area (Å²) in [5.74, 6) is -0.428. The third-order valence-electron chi connectivity index (χ3n) is 3.46. The molecule has 0 spiro atoms. The average Bonchev–Trinajstić information content (AvgIpc) is 2.58. The molecule has 0 atom stereocenters. The molecule has 25 heavy (non-hydrogen) atoms. The second kappa shape index (κ2) is 7.98. The zero-order chi connectivity index (χ0) is 18.4. The molecule has 2 aromatic rings. The first-order valence-electron chi connectivity index (χ1n) is 7.47. The van der Waals surface area contributed by atoms with Gasteiger partial charge >= 0.3 is 0 Å². The number of nitrogens with one attached hydrogen (secondary N) is 1. The molecule has 2 rings (SSSR count). The maximum atomic E-state index is 12.9. The molecule has 0 aliphatic rings. The fourth-order valence-electron chi connectivity index (χ4n) is 2.28. The van der Waals surface area contributed by atoms with E-state index in [0.717, 1.165) is 10.6 Å².